The lowest BCUT2D eigenvalue weighted by Gasteiger charge is -2.05. The highest BCUT2D eigenvalue weighted by molar-refractivity contribution is 9.12. The first-order chi connectivity index (χ1) is 8.24. The van der Waals surface area contributed by atoms with Gasteiger partial charge in [-0.2, -0.15) is 0 Å². The van der Waals surface area contributed by atoms with Crippen LogP contribution in [0.1, 0.15) is 5.56 Å². The average molecular weight is 388 g/mol. The van der Waals surface area contributed by atoms with E-state index < -0.39 is 0 Å². The quantitative estimate of drug-likeness (QED) is 0.607. The Morgan fingerprint density at radius 1 is 1.06 bits per heavy atom. The molecule has 0 amide bonds. The second-order valence-electron chi connectivity index (χ2n) is 3.32. The first-order valence-corrected chi connectivity index (χ1v) is 7.72. The van der Waals surface area contributed by atoms with Crippen molar-refractivity contribution in [2.75, 3.05) is 40.1 Å². The summed E-state index contributed by atoms with van der Waals surface area (Å²) in [5.74, 6) is 0. The number of ether oxygens (including phenoxy) is 3. The lowest BCUT2D eigenvalue weighted by atomic mass is 10.3. The van der Waals surface area contributed by atoms with Crippen LogP contribution in [0.25, 0.3) is 0 Å². The van der Waals surface area contributed by atoms with Gasteiger partial charge in [0.2, 0.25) is 0 Å². The molecule has 0 aliphatic carbocycles. The summed E-state index contributed by atoms with van der Waals surface area (Å²) < 4.78 is 18.0. The van der Waals surface area contributed by atoms with Gasteiger partial charge >= 0.3 is 0 Å². The second kappa shape index (κ2) is 9.47. The first kappa shape index (κ1) is 15.6. The smallest absolute Gasteiger partial charge is 0.0743 e. The Morgan fingerprint density at radius 3 is 2.29 bits per heavy atom. The van der Waals surface area contributed by atoms with Gasteiger partial charge in [0, 0.05) is 7.11 Å². The van der Waals surface area contributed by atoms with E-state index in [1.807, 2.05) is 0 Å². The SMILES string of the molecule is COCCOCCOCCc1cc(Br)sc1Br. The van der Waals surface area contributed by atoms with E-state index in [9.17, 15) is 0 Å². The van der Waals surface area contributed by atoms with Crippen LogP contribution in [0.4, 0.5) is 0 Å². The van der Waals surface area contributed by atoms with Crippen molar-refractivity contribution >= 4 is 43.2 Å². The van der Waals surface area contributed by atoms with Gasteiger partial charge in [0.25, 0.3) is 0 Å². The predicted molar refractivity (Wildman–Crippen MR) is 76.9 cm³/mol. The molecule has 0 radical (unpaired) electrons. The van der Waals surface area contributed by atoms with Gasteiger partial charge in [-0.05, 0) is 49.9 Å². The average Bonchev–Trinajstić information content (AvgIpc) is 2.61. The van der Waals surface area contributed by atoms with E-state index in [-0.39, 0.29) is 0 Å². The van der Waals surface area contributed by atoms with E-state index in [1.165, 1.54) is 9.35 Å². The van der Waals surface area contributed by atoms with Crippen LogP contribution in [0.5, 0.6) is 0 Å². The third kappa shape index (κ3) is 6.88. The van der Waals surface area contributed by atoms with Crippen molar-refractivity contribution < 1.29 is 14.2 Å². The molecular formula is C11H16Br2O3S. The van der Waals surface area contributed by atoms with E-state index in [1.54, 1.807) is 18.4 Å². The maximum Gasteiger partial charge on any atom is 0.0743 e. The normalized spacial score (nSPS) is 11.0. The number of thiophene rings is 1. The lowest BCUT2D eigenvalue weighted by molar-refractivity contribution is 0.0255. The van der Waals surface area contributed by atoms with Crippen LogP contribution in [0.3, 0.4) is 0 Å². The Balaban J connectivity index is 1.99. The van der Waals surface area contributed by atoms with Crippen LogP contribution in [-0.2, 0) is 20.6 Å². The molecule has 0 N–H and O–H groups in total. The topological polar surface area (TPSA) is 27.7 Å². The summed E-state index contributed by atoms with van der Waals surface area (Å²) in [5.41, 5.74) is 1.28. The number of halogens is 2. The molecule has 0 aromatic carbocycles. The molecule has 1 rings (SSSR count). The van der Waals surface area contributed by atoms with Gasteiger partial charge in [-0.1, -0.05) is 0 Å². The van der Waals surface area contributed by atoms with Gasteiger partial charge in [-0.25, -0.2) is 0 Å². The maximum absolute atomic E-state index is 5.48. The number of methoxy groups -OCH3 is 1. The molecule has 1 aromatic heterocycles. The van der Waals surface area contributed by atoms with Crippen LogP contribution in [0, 0.1) is 0 Å². The van der Waals surface area contributed by atoms with Crippen LogP contribution in [-0.4, -0.2) is 40.1 Å². The van der Waals surface area contributed by atoms with Crippen molar-refractivity contribution in [3.05, 3.63) is 19.2 Å². The molecule has 0 fully saturated rings. The number of rotatable bonds is 9. The minimum Gasteiger partial charge on any atom is -0.382 e. The zero-order chi connectivity index (χ0) is 12.5. The van der Waals surface area contributed by atoms with Crippen LogP contribution in [0.2, 0.25) is 0 Å². The molecule has 0 spiro atoms. The van der Waals surface area contributed by atoms with E-state index in [0.717, 1.165) is 16.8 Å². The fourth-order valence-electron chi connectivity index (χ4n) is 1.19. The van der Waals surface area contributed by atoms with Gasteiger partial charge in [-0.15, -0.1) is 11.3 Å². The van der Waals surface area contributed by atoms with Crippen LogP contribution in [0.15, 0.2) is 13.6 Å². The molecule has 0 unspecified atom stereocenters. The molecule has 17 heavy (non-hydrogen) atoms. The number of hydrogen-bond donors (Lipinski definition) is 0. The maximum atomic E-state index is 5.48. The van der Waals surface area contributed by atoms with Crippen LogP contribution < -0.4 is 0 Å². The zero-order valence-corrected chi connectivity index (χ0v) is 13.7. The molecule has 1 heterocycles. The molecule has 3 nitrogen and oxygen atoms in total. The van der Waals surface area contributed by atoms with E-state index in [0.29, 0.717) is 26.4 Å². The molecule has 0 aliphatic rings. The third-order valence-electron chi connectivity index (χ3n) is 2.05. The van der Waals surface area contributed by atoms with Crippen molar-refractivity contribution in [3.8, 4) is 0 Å². The lowest BCUT2D eigenvalue weighted by Crippen LogP contribution is -2.09. The monoisotopic (exact) mass is 386 g/mol. The van der Waals surface area contributed by atoms with Crippen molar-refractivity contribution in [2.24, 2.45) is 0 Å². The number of hydrogen-bond acceptors (Lipinski definition) is 4. The van der Waals surface area contributed by atoms with Gasteiger partial charge in [0.1, 0.15) is 0 Å². The summed E-state index contributed by atoms with van der Waals surface area (Å²) in [6.45, 7) is 3.23. The highest BCUT2D eigenvalue weighted by Gasteiger charge is 2.04. The Labute approximate surface area is 123 Å². The Kier molecular flexibility index (Phi) is 8.69. The van der Waals surface area contributed by atoms with E-state index in [4.69, 9.17) is 14.2 Å². The highest BCUT2D eigenvalue weighted by Crippen LogP contribution is 2.31. The van der Waals surface area contributed by atoms with E-state index >= 15 is 0 Å². The van der Waals surface area contributed by atoms with Gasteiger partial charge < -0.3 is 14.2 Å². The second-order valence-corrected chi connectivity index (χ2v) is 7.07. The van der Waals surface area contributed by atoms with Crippen LogP contribution >= 0.6 is 43.2 Å². The molecule has 98 valence electrons. The predicted octanol–water partition coefficient (Wildman–Crippen LogP) is 3.50. The molecule has 0 bridgehead atoms. The van der Waals surface area contributed by atoms with Crippen molar-refractivity contribution in [1.82, 2.24) is 0 Å². The molecule has 1 aromatic rings. The largest absolute Gasteiger partial charge is 0.382 e. The molecule has 0 atom stereocenters. The molecule has 6 heteroatoms. The Hall–Kier alpha value is 0.540. The summed E-state index contributed by atoms with van der Waals surface area (Å²) in [6, 6.07) is 2.12. The summed E-state index contributed by atoms with van der Waals surface area (Å²) in [5, 5.41) is 0. The Bertz CT molecular complexity index is 318. The molecular weight excluding hydrogens is 372 g/mol. The summed E-state index contributed by atoms with van der Waals surface area (Å²) >= 11 is 8.67. The van der Waals surface area contributed by atoms with Gasteiger partial charge in [0.05, 0.1) is 40.6 Å². The first-order valence-electron chi connectivity index (χ1n) is 5.32. The summed E-state index contributed by atoms with van der Waals surface area (Å²) in [7, 11) is 1.66. The minimum absolute atomic E-state index is 0.623. The third-order valence-corrected chi connectivity index (χ3v) is 4.51. The highest BCUT2D eigenvalue weighted by atomic mass is 79.9. The fraction of sp³-hybridized carbons (Fsp3) is 0.636. The van der Waals surface area contributed by atoms with Crippen molar-refractivity contribution in [1.29, 1.82) is 0 Å². The van der Waals surface area contributed by atoms with Crippen molar-refractivity contribution in [3.63, 3.8) is 0 Å². The Morgan fingerprint density at radius 2 is 1.71 bits per heavy atom. The molecule has 0 saturated heterocycles. The van der Waals surface area contributed by atoms with E-state index in [2.05, 4.69) is 37.9 Å². The summed E-state index contributed by atoms with van der Waals surface area (Å²) in [4.78, 5) is 0. The standard InChI is InChI=1S/C11H16Br2O3S/c1-14-4-5-16-7-6-15-3-2-9-8-10(12)17-11(9)13/h8H,2-7H2,1H3. The fourth-order valence-corrected chi connectivity index (χ4v) is 4.11. The summed E-state index contributed by atoms with van der Waals surface area (Å²) in [6.07, 6.45) is 0.917. The van der Waals surface area contributed by atoms with Crippen molar-refractivity contribution in [2.45, 2.75) is 6.42 Å². The minimum atomic E-state index is 0.623. The van der Waals surface area contributed by atoms with Gasteiger partial charge in [0.15, 0.2) is 0 Å². The molecule has 0 aliphatic heterocycles. The van der Waals surface area contributed by atoms with Gasteiger partial charge in [-0.3, -0.25) is 0 Å². The molecule has 0 saturated carbocycles. The zero-order valence-electron chi connectivity index (χ0n) is 9.71.